The van der Waals surface area contributed by atoms with Crippen LogP contribution in [-0.2, 0) is 9.59 Å². The highest BCUT2D eigenvalue weighted by Crippen LogP contribution is 2.47. The van der Waals surface area contributed by atoms with E-state index in [0.717, 1.165) is 13.0 Å². The third kappa shape index (κ3) is 3.99. The first-order chi connectivity index (χ1) is 10.5. The van der Waals surface area contributed by atoms with E-state index in [1.807, 2.05) is 14.1 Å². The molecule has 1 aliphatic rings. The summed E-state index contributed by atoms with van der Waals surface area (Å²) in [7, 11) is 3.97. The zero-order valence-corrected chi connectivity index (χ0v) is 13.7. The Hall–Kier alpha value is -1.59. The molecule has 1 aromatic carbocycles. The van der Waals surface area contributed by atoms with Gasteiger partial charge in [0.1, 0.15) is 5.41 Å². The minimum atomic E-state index is -0.919. The Morgan fingerprint density at radius 3 is 2.50 bits per heavy atom. The summed E-state index contributed by atoms with van der Waals surface area (Å²) in [5.41, 5.74) is -0.377. The van der Waals surface area contributed by atoms with Gasteiger partial charge in [0.05, 0.1) is 10.7 Å². The fourth-order valence-corrected chi connectivity index (χ4v) is 2.44. The Labute approximate surface area is 136 Å². The lowest BCUT2D eigenvalue weighted by atomic mass is 10.0. The van der Waals surface area contributed by atoms with Crippen LogP contribution in [-0.4, -0.2) is 43.9 Å². The van der Waals surface area contributed by atoms with Crippen molar-refractivity contribution >= 4 is 29.1 Å². The molecule has 0 aromatic heterocycles. The summed E-state index contributed by atoms with van der Waals surface area (Å²) >= 11 is 6.03. The molecule has 120 valence electrons. The molecular weight excluding hydrogens is 302 g/mol. The van der Waals surface area contributed by atoms with Crippen molar-refractivity contribution in [1.82, 2.24) is 10.2 Å². The molecule has 6 heteroatoms. The first-order valence-corrected chi connectivity index (χ1v) is 7.82. The first-order valence-electron chi connectivity index (χ1n) is 7.45. The fraction of sp³-hybridized carbons (Fsp3) is 0.500. The molecule has 1 aliphatic carbocycles. The molecule has 22 heavy (non-hydrogen) atoms. The van der Waals surface area contributed by atoms with Gasteiger partial charge in [-0.1, -0.05) is 23.7 Å². The summed E-state index contributed by atoms with van der Waals surface area (Å²) in [5.74, 6) is -0.457. The highest BCUT2D eigenvalue weighted by atomic mass is 35.5. The van der Waals surface area contributed by atoms with Crippen molar-refractivity contribution in [1.29, 1.82) is 0 Å². The lowest BCUT2D eigenvalue weighted by Gasteiger charge is -2.16. The molecule has 5 nitrogen and oxygen atoms in total. The number of hydrogen-bond donors (Lipinski definition) is 2. The number of hydrogen-bond acceptors (Lipinski definition) is 3. The predicted octanol–water partition coefficient (Wildman–Crippen LogP) is 2.13. The second-order valence-corrected chi connectivity index (χ2v) is 6.34. The Morgan fingerprint density at radius 2 is 1.91 bits per heavy atom. The van der Waals surface area contributed by atoms with E-state index in [0.29, 0.717) is 30.1 Å². The van der Waals surface area contributed by atoms with Gasteiger partial charge in [0.15, 0.2) is 0 Å². The number of benzene rings is 1. The second-order valence-electron chi connectivity index (χ2n) is 5.93. The molecule has 1 saturated carbocycles. The van der Waals surface area contributed by atoms with Crippen LogP contribution in [0.4, 0.5) is 5.69 Å². The van der Waals surface area contributed by atoms with Gasteiger partial charge >= 0.3 is 0 Å². The zero-order valence-electron chi connectivity index (χ0n) is 13.0. The van der Waals surface area contributed by atoms with E-state index in [4.69, 9.17) is 11.6 Å². The number of carbonyl (C=O) groups excluding carboxylic acids is 2. The molecular formula is C16H22ClN3O2. The largest absolute Gasteiger partial charge is 0.355 e. The molecule has 2 amide bonds. The fourth-order valence-electron chi connectivity index (χ4n) is 2.25. The van der Waals surface area contributed by atoms with Crippen LogP contribution in [0.2, 0.25) is 5.02 Å². The van der Waals surface area contributed by atoms with Crippen molar-refractivity contribution in [2.24, 2.45) is 5.41 Å². The van der Waals surface area contributed by atoms with Crippen LogP contribution in [0.1, 0.15) is 19.3 Å². The molecule has 0 radical (unpaired) electrons. The third-order valence-electron chi connectivity index (χ3n) is 3.81. The van der Waals surface area contributed by atoms with Gasteiger partial charge in [0.2, 0.25) is 11.8 Å². The minimum absolute atomic E-state index is 0.184. The predicted molar refractivity (Wildman–Crippen MR) is 87.9 cm³/mol. The van der Waals surface area contributed by atoms with E-state index in [1.165, 1.54) is 0 Å². The van der Waals surface area contributed by atoms with Crippen LogP contribution in [0.15, 0.2) is 24.3 Å². The number of halogens is 1. The summed E-state index contributed by atoms with van der Waals surface area (Å²) in [5, 5.41) is 6.10. The van der Waals surface area contributed by atoms with Crippen molar-refractivity contribution in [3.8, 4) is 0 Å². The molecule has 0 saturated heterocycles. The van der Waals surface area contributed by atoms with Gasteiger partial charge in [0.25, 0.3) is 0 Å². The maximum Gasteiger partial charge on any atom is 0.240 e. The van der Waals surface area contributed by atoms with Crippen molar-refractivity contribution < 1.29 is 9.59 Å². The van der Waals surface area contributed by atoms with Crippen LogP contribution in [0.25, 0.3) is 0 Å². The van der Waals surface area contributed by atoms with E-state index < -0.39 is 5.41 Å². The Morgan fingerprint density at radius 1 is 1.23 bits per heavy atom. The monoisotopic (exact) mass is 323 g/mol. The van der Waals surface area contributed by atoms with Crippen LogP contribution in [0, 0.1) is 5.41 Å². The number of nitrogens with zero attached hydrogens (tertiary/aromatic N) is 1. The maximum atomic E-state index is 12.4. The van der Waals surface area contributed by atoms with Crippen molar-refractivity contribution in [2.45, 2.75) is 19.3 Å². The van der Waals surface area contributed by atoms with Gasteiger partial charge in [-0.15, -0.1) is 0 Å². The molecule has 2 N–H and O–H groups in total. The lowest BCUT2D eigenvalue weighted by molar-refractivity contribution is -0.134. The maximum absolute atomic E-state index is 12.4. The Bertz CT molecular complexity index is 556. The van der Waals surface area contributed by atoms with Gasteiger partial charge in [-0.3, -0.25) is 9.59 Å². The summed E-state index contributed by atoms with van der Waals surface area (Å²) in [4.78, 5) is 26.7. The normalized spacial score (nSPS) is 15.5. The van der Waals surface area contributed by atoms with Crippen LogP contribution in [0.5, 0.6) is 0 Å². The summed E-state index contributed by atoms with van der Waals surface area (Å²) in [6.45, 7) is 1.48. The molecule has 0 heterocycles. The smallest absolute Gasteiger partial charge is 0.240 e. The van der Waals surface area contributed by atoms with E-state index in [9.17, 15) is 9.59 Å². The number of anilines is 1. The molecule has 1 aromatic rings. The third-order valence-corrected chi connectivity index (χ3v) is 4.14. The number of amides is 2. The van der Waals surface area contributed by atoms with Gasteiger partial charge < -0.3 is 15.5 Å². The van der Waals surface area contributed by atoms with Gasteiger partial charge in [-0.2, -0.15) is 0 Å². The zero-order chi connectivity index (χ0) is 16.2. The molecule has 0 bridgehead atoms. The average Bonchev–Trinajstić information content (AvgIpc) is 3.27. The van der Waals surface area contributed by atoms with Gasteiger partial charge in [-0.25, -0.2) is 0 Å². The molecule has 1 fully saturated rings. The van der Waals surface area contributed by atoms with E-state index in [-0.39, 0.29) is 11.8 Å². The number of nitrogens with one attached hydrogen (secondary N) is 2. The molecule has 2 rings (SSSR count). The van der Waals surface area contributed by atoms with Crippen LogP contribution >= 0.6 is 11.6 Å². The molecule has 0 atom stereocenters. The highest BCUT2D eigenvalue weighted by molar-refractivity contribution is 6.34. The van der Waals surface area contributed by atoms with Crippen molar-refractivity contribution in [3.05, 3.63) is 29.3 Å². The van der Waals surface area contributed by atoms with E-state index in [1.54, 1.807) is 24.3 Å². The molecule has 0 unspecified atom stereocenters. The topological polar surface area (TPSA) is 61.4 Å². The molecule has 0 aliphatic heterocycles. The van der Waals surface area contributed by atoms with Crippen LogP contribution in [0.3, 0.4) is 0 Å². The van der Waals surface area contributed by atoms with Gasteiger partial charge in [0, 0.05) is 6.54 Å². The summed E-state index contributed by atoms with van der Waals surface area (Å²) in [6, 6.07) is 7.02. The van der Waals surface area contributed by atoms with Gasteiger partial charge in [-0.05, 0) is 52.0 Å². The lowest BCUT2D eigenvalue weighted by Crippen LogP contribution is -2.40. The SMILES string of the molecule is CN(C)CCCNC(=O)C1(C(=O)Nc2ccccc2Cl)CC1. The summed E-state index contributed by atoms with van der Waals surface area (Å²) in [6.07, 6.45) is 2.03. The van der Waals surface area contributed by atoms with E-state index in [2.05, 4.69) is 15.5 Å². The number of carbonyl (C=O) groups is 2. The summed E-state index contributed by atoms with van der Waals surface area (Å²) < 4.78 is 0. The highest BCUT2D eigenvalue weighted by Gasteiger charge is 2.56. The number of rotatable bonds is 7. The van der Waals surface area contributed by atoms with Crippen molar-refractivity contribution in [2.75, 3.05) is 32.5 Å². The molecule has 0 spiro atoms. The Balaban J connectivity index is 1.89. The standard InChI is InChI=1S/C16H22ClN3O2/c1-20(2)11-5-10-18-14(21)16(8-9-16)15(22)19-13-7-4-3-6-12(13)17/h3-4,6-7H,5,8-11H2,1-2H3,(H,18,21)(H,19,22). The Kier molecular flexibility index (Phi) is 5.42. The average molecular weight is 324 g/mol. The first kappa shape index (κ1) is 16.8. The minimum Gasteiger partial charge on any atom is -0.355 e. The quantitative estimate of drug-likeness (QED) is 0.597. The van der Waals surface area contributed by atoms with Crippen LogP contribution < -0.4 is 10.6 Å². The van der Waals surface area contributed by atoms with Crippen molar-refractivity contribution in [3.63, 3.8) is 0 Å². The second kappa shape index (κ2) is 7.11. The van der Waals surface area contributed by atoms with E-state index >= 15 is 0 Å². The number of para-hydroxylation sites is 1.